The molecule has 112 valence electrons. The molecule has 0 atom stereocenters. The van der Waals surface area contributed by atoms with Crippen LogP contribution in [0.2, 0.25) is 5.02 Å². The minimum absolute atomic E-state index is 0.331. The van der Waals surface area contributed by atoms with Crippen molar-refractivity contribution in [3.63, 3.8) is 0 Å². The van der Waals surface area contributed by atoms with E-state index < -0.39 is 5.60 Å². The van der Waals surface area contributed by atoms with Gasteiger partial charge >= 0.3 is 6.09 Å². The topological polar surface area (TPSA) is 59.7 Å². The number of amides is 1. The van der Waals surface area contributed by atoms with Crippen LogP contribution < -0.4 is 0 Å². The first kappa shape index (κ1) is 14.1. The lowest BCUT2D eigenvalue weighted by Crippen LogP contribution is -2.33. The number of carbonyl (C=O) groups excluding carboxylic acids is 1. The van der Waals surface area contributed by atoms with Gasteiger partial charge in [0.1, 0.15) is 11.9 Å². The quantitative estimate of drug-likeness (QED) is 0.751. The molecule has 2 aromatic heterocycles. The van der Waals surface area contributed by atoms with E-state index >= 15 is 0 Å². The predicted molar refractivity (Wildman–Crippen MR) is 78.2 cm³/mol. The summed E-state index contributed by atoms with van der Waals surface area (Å²) in [7, 11) is 0. The van der Waals surface area contributed by atoms with Crippen LogP contribution >= 0.6 is 11.6 Å². The summed E-state index contributed by atoms with van der Waals surface area (Å²) in [5.41, 5.74) is 3.01. The smallest absolute Gasteiger partial charge is 0.410 e. The van der Waals surface area contributed by atoms with Crippen molar-refractivity contribution >= 4 is 23.3 Å². The van der Waals surface area contributed by atoms with E-state index in [1.54, 1.807) is 9.42 Å². The third-order valence-electron chi connectivity index (χ3n) is 3.47. The maximum atomic E-state index is 12.2. The Kier molecular flexibility index (Phi) is 3.09. The van der Waals surface area contributed by atoms with Crippen LogP contribution in [0.1, 0.15) is 37.6 Å². The molecule has 6 nitrogen and oxygen atoms in total. The molecule has 3 heterocycles. The molecule has 3 rings (SSSR count). The van der Waals surface area contributed by atoms with Crippen molar-refractivity contribution in [3.8, 4) is 0 Å². The first-order valence-corrected chi connectivity index (χ1v) is 7.13. The van der Waals surface area contributed by atoms with Crippen molar-refractivity contribution in [2.75, 3.05) is 0 Å². The predicted octanol–water partition coefficient (Wildman–Crippen LogP) is 2.94. The van der Waals surface area contributed by atoms with E-state index in [1.165, 1.54) is 6.33 Å². The van der Waals surface area contributed by atoms with Gasteiger partial charge in [-0.3, -0.25) is 4.90 Å². The van der Waals surface area contributed by atoms with Gasteiger partial charge in [0, 0.05) is 0 Å². The summed E-state index contributed by atoms with van der Waals surface area (Å²) in [5.74, 6) is 0. The van der Waals surface area contributed by atoms with Crippen molar-refractivity contribution < 1.29 is 9.53 Å². The monoisotopic (exact) mass is 308 g/mol. The molecule has 2 aromatic rings. The van der Waals surface area contributed by atoms with Gasteiger partial charge < -0.3 is 4.74 Å². The molecular formula is C14H17ClN4O2. The molecule has 0 saturated carbocycles. The number of pyridine rings is 1. The molecule has 0 bridgehead atoms. The van der Waals surface area contributed by atoms with Gasteiger partial charge in [0.25, 0.3) is 0 Å². The molecule has 0 N–H and O–H groups in total. The maximum Gasteiger partial charge on any atom is 0.410 e. The standard InChI is InChI=1S/C14H17ClN4O2/c1-8-9-5-18(13(20)21-14(2,3)4)6-10(9)19-12(11(8)15)16-7-17-19/h7H,5-6H2,1-4H3. The summed E-state index contributed by atoms with van der Waals surface area (Å²) < 4.78 is 7.13. The van der Waals surface area contributed by atoms with Crippen LogP contribution in [0.25, 0.3) is 5.65 Å². The number of aromatic nitrogens is 3. The highest BCUT2D eigenvalue weighted by Crippen LogP contribution is 2.33. The minimum Gasteiger partial charge on any atom is -0.444 e. The molecule has 0 aromatic carbocycles. The molecule has 21 heavy (non-hydrogen) atoms. The van der Waals surface area contributed by atoms with E-state index in [0.29, 0.717) is 23.8 Å². The molecule has 0 spiro atoms. The lowest BCUT2D eigenvalue weighted by Gasteiger charge is -2.24. The summed E-state index contributed by atoms with van der Waals surface area (Å²) in [6.45, 7) is 8.42. The fourth-order valence-corrected chi connectivity index (χ4v) is 2.73. The number of nitrogens with zero attached hydrogens (tertiary/aromatic N) is 4. The van der Waals surface area contributed by atoms with E-state index in [-0.39, 0.29) is 6.09 Å². The summed E-state index contributed by atoms with van der Waals surface area (Å²) in [5, 5.41) is 4.78. The molecule has 0 aliphatic carbocycles. The largest absolute Gasteiger partial charge is 0.444 e. The molecule has 0 radical (unpaired) electrons. The number of carbonyl (C=O) groups is 1. The number of hydrogen-bond donors (Lipinski definition) is 0. The van der Waals surface area contributed by atoms with Crippen LogP contribution in [-0.4, -0.2) is 31.2 Å². The molecule has 1 aliphatic rings. The van der Waals surface area contributed by atoms with Crippen molar-refractivity contribution in [1.29, 1.82) is 0 Å². The van der Waals surface area contributed by atoms with Crippen molar-refractivity contribution in [1.82, 2.24) is 19.5 Å². The lowest BCUT2D eigenvalue weighted by atomic mass is 10.1. The van der Waals surface area contributed by atoms with Gasteiger partial charge in [-0.15, -0.1) is 0 Å². The zero-order valence-corrected chi connectivity index (χ0v) is 13.2. The molecule has 0 saturated heterocycles. The van der Waals surface area contributed by atoms with E-state index in [1.807, 2.05) is 27.7 Å². The van der Waals surface area contributed by atoms with Gasteiger partial charge in [-0.25, -0.2) is 14.3 Å². The maximum absolute atomic E-state index is 12.2. The number of hydrogen-bond acceptors (Lipinski definition) is 4. The molecule has 0 fully saturated rings. The van der Waals surface area contributed by atoms with E-state index in [9.17, 15) is 4.79 Å². The van der Waals surface area contributed by atoms with E-state index in [4.69, 9.17) is 16.3 Å². The third kappa shape index (κ3) is 2.33. The van der Waals surface area contributed by atoms with Crippen LogP contribution in [0.3, 0.4) is 0 Å². The van der Waals surface area contributed by atoms with Gasteiger partial charge in [0.2, 0.25) is 0 Å². The zero-order chi connectivity index (χ0) is 15.4. The average molecular weight is 309 g/mol. The molecule has 1 amide bonds. The zero-order valence-electron chi connectivity index (χ0n) is 12.5. The normalized spacial score (nSPS) is 14.6. The average Bonchev–Trinajstić information content (AvgIpc) is 2.99. The lowest BCUT2D eigenvalue weighted by molar-refractivity contribution is 0.0240. The van der Waals surface area contributed by atoms with Crippen molar-refractivity contribution in [3.05, 3.63) is 28.2 Å². The highest BCUT2D eigenvalue weighted by molar-refractivity contribution is 6.34. The molecular weight excluding hydrogens is 292 g/mol. The second kappa shape index (κ2) is 4.59. The summed E-state index contributed by atoms with van der Waals surface area (Å²) in [4.78, 5) is 18.0. The number of fused-ring (bicyclic) bond motifs is 3. The second-order valence-corrected chi connectivity index (χ2v) is 6.57. The highest BCUT2D eigenvalue weighted by atomic mass is 35.5. The third-order valence-corrected chi connectivity index (χ3v) is 3.92. The van der Waals surface area contributed by atoms with Gasteiger partial charge in [0.15, 0.2) is 5.65 Å². The minimum atomic E-state index is -0.513. The Hall–Kier alpha value is -1.82. The van der Waals surface area contributed by atoms with Crippen LogP contribution in [0.15, 0.2) is 6.33 Å². The summed E-state index contributed by atoms with van der Waals surface area (Å²) in [6, 6.07) is 0. The Morgan fingerprint density at radius 3 is 2.76 bits per heavy atom. The first-order valence-electron chi connectivity index (χ1n) is 6.75. The first-order chi connectivity index (χ1) is 9.78. The highest BCUT2D eigenvalue weighted by Gasteiger charge is 2.32. The Balaban J connectivity index is 1.98. The second-order valence-electron chi connectivity index (χ2n) is 6.20. The summed E-state index contributed by atoms with van der Waals surface area (Å²) in [6.07, 6.45) is 1.14. The van der Waals surface area contributed by atoms with Crippen LogP contribution in [0.4, 0.5) is 4.79 Å². The number of halogens is 1. The van der Waals surface area contributed by atoms with E-state index in [2.05, 4.69) is 10.1 Å². The Bertz CT molecular complexity index is 733. The number of ether oxygens (including phenoxy) is 1. The molecule has 0 unspecified atom stereocenters. The van der Waals surface area contributed by atoms with Gasteiger partial charge in [-0.1, -0.05) is 11.6 Å². The molecule has 1 aliphatic heterocycles. The van der Waals surface area contributed by atoms with Gasteiger partial charge in [-0.2, -0.15) is 5.10 Å². The molecule has 7 heteroatoms. The Labute approximate surface area is 127 Å². The van der Waals surface area contributed by atoms with Gasteiger partial charge in [0.05, 0.1) is 23.8 Å². The van der Waals surface area contributed by atoms with Crippen molar-refractivity contribution in [2.24, 2.45) is 0 Å². The van der Waals surface area contributed by atoms with Crippen LogP contribution in [0.5, 0.6) is 0 Å². The summed E-state index contributed by atoms with van der Waals surface area (Å²) >= 11 is 6.33. The van der Waals surface area contributed by atoms with Crippen LogP contribution in [0, 0.1) is 6.92 Å². The fourth-order valence-electron chi connectivity index (χ4n) is 2.49. The van der Waals surface area contributed by atoms with E-state index in [0.717, 1.165) is 16.8 Å². The Morgan fingerprint density at radius 1 is 1.38 bits per heavy atom. The van der Waals surface area contributed by atoms with Crippen LogP contribution in [-0.2, 0) is 17.8 Å². The Morgan fingerprint density at radius 2 is 2.10 bits per heavy atom. The fraction of sp³-hybridized carbons (Fsp3) is 0.500. The van der Waals surface area contributed by atoms with Crippen molar-refractivity contribution in [2.45, 2.75) is 46.4 Å². The SMILES string of the molecule is Cc1c2c(n3ncnc3c1Cl)CN(C(=O)OC(C)(C)C)C2. The van der Waals surface area contributed by atoms with Gasteiger partial charge in [-0.05, 0) is 38.8 Å². The number of rotatable bonds is 0.